The van der Waals surface area contributed by atoms with Crippen molar-refractivity contribution in [2.24, 2.45) is 0 Å². The highest BCUT2D eigenvalue weighted by atomic mass is 16.5. The molecule has 0 spiro atoms. The predicted octanol–water partition coefficient (Wildman–Crippen LogP) is 2.85. The molecule has 0 aliphatic carbocycles. The van der Waals surface area contributed by atoms with Crippen LogP contribution in [0, 0.1) is 6.92 Å². The van der Waals surface area contributed by atoms with Gasteiger partial charge in [0.05, 0.1) is 17.8 Å². The Morgan fingerprint density at radius 2 is 2.20 bits per heavy atom. The Bertz CT molecular complexity index is 553. The summed E-state index contributed by atoms with van der Waals surface area (Å²) in [5, 5.41) is 14.3. The quantitative estimate of drug-likeness (QED) is 0.929. The second-order valence-electron chi connectivity index (χ2n) is 5.45. The number of benzene rings is 1. The Morgan fingerprint density at radius 1 is 1.40 bits per heavy atom. The summed E-state index contributed by atoms with van der Waals surface area (Å²) < 4.78 is 5.39. The van der Waals surface area contributed by atoms with E-state index in [9.17, 15) is 5.11 Å². The van der Waals surface area contributed by atoms with Crippen LogP contribution >= 0.6 is 0 Å². The van der Waals surface area contributed by atoms with Gasteiger partial charge < -0.3 is 9.63 Å². The molecule has 4 heteroatoms. The van der Waals surface area contributed by atoms with E-state index < -0.39 is 6.10 Å². The molecule has 0 unspecified atom stereocenters. The van der Waals surface area contributed by atoms with Crippen LogP contribution in [0.3, 0.4) is 0 Å². The number of likely N-dealkylation sites (tertiary alicyclic amines) is 1. The van der Waals surface area contributed by atoms with Crippen LogP contribution in [0.25, 0.3) is 0 Å². The van der Waals surface area contributed by atoms with Gasteiger partial charge >= 0.3 is 0 Å². The van der Waals surface area contributed by atoms with Gasteiger partial charge in [-0.1, -0.05) is 35.5 Å². The number of nitrogens with zero attached hydrogens (tertiary/aromatic N) is 2. The number of aryl methyl sites for hydroxylation is 1. The predicted molar refractivity (Wildman–Crippen MR) is 76.2 cm³/mol. The first kappa shape index (κ1) is 13.3. The fourth-order valence-electron chi connectivity index (χ4n) is 2.91. The molecule has 1 aromatic carbocycles. The minimum absolute atomic E-state index is 0.245. The lowest BCUT2D eigenvalue weighted by Crippen LogP contribution is -2.28. The molecule has 1 fully saturated rings. The molecule has 1 N–H and O–H groups in total. The maximum absolute atomic E-state index is 10.4. The first-order valence-electron chi connectivity index (χ1n) is 7.14. The van der Waals surface area contributed by atoms with Crippen LogP contribution < -0.4 is 0 Å². The van der Waals surface area contributed by atoms with E-state index >= 15 is 0 Å². The Kier molecular flexibility index (Phi) is 3.85. The number of hydrogen-bond acceptors (Lipinski definition) is 4. The number of rotatable bonds is 4. The highest BCUT2D eigenvalue weighted by molar-refractivity contribution is 5.18. The Morgan fingerprint density at radius 3 is 2.90 bits per heavy atom. The summed E-state index contributed by atoms with van der Waals surface area (Å²) in [6.45, 7) is 3.56. The maximum Gasteiger partial charge on any atom is 0.154 e. The molecule has 1 aromatic heterocycles. The van der Waals surface area contributed by atoms with Crippen molar-refractivity contribution in [3.8, 4) is 0 Å². The van der Waals surface area contributed by atoms with Gasteiger partial charge in [-0.15, -0.1) is 0 Å². The van der Waals surface area contributed by atoms with E-state index in [1.165, 1.54) is 0 Å². The zero-order valence-corrected chi connectivity index (χ0v) is 11.7. The van der Waals surface area contributed by atoms with Gasteiger partial charge in [0.25, 0.3) is 0 Å². The summed E-state index contributed by atoms with van der Waals surface area (Å²) >= 11 is 0. The summed E-state index contributed by atoms with van der Waals surface area (Å²) in [6, 6.07) is 12.1. The third kappa shape index (κ3) is 2.76. The molecule has 1 saturated heterocycles. The lowest BCUT2D eigenvalue weighted by molar-refractivity contribution is 0.0983. The summed E-state index contributed by atoms with van der Waals surface area (Å²) in [7, 11) is 0. The number of aliphatic hydroxyl groups is 1. The normalized spacial score (nSPS) is 21.2. The topological polar surface area (TPSA) is 49.5 Å². The van der Waals surface area contributed by atoms with Crippen LogP contribution in [0.4, 0.5) is 0 Å². The Balaban J connectivity index is 1.70. The van der Waals surface area contributed by atoms with Crippen molar-refractivity contribution in [1.29, 1.82) is 0 Å². The lowest BCUT2D eigenvalue weighted by atomic mass is 10.1. The first-order chi connectivity index (χ1) is 9.74. The zero-order valence-electron chi connectivity index (χ0n) is 11.7. The molecule has 1 aliphatic rings. The van der Waals surface area contributed by atoms with Crippen LogP contribution in [-0.2, 0) is 0 Å². The first-order valence-corrected chi connectivity index (χ1v) is 7.14. The van der Waals surface area contributed by atoms with Gasteiger partial charge in [-0.2, -0.15) is 0 Å². The third-order valence-electron chi connectivity index (χ3n) is 3.93. The minimum Gasteiger partial charge on any atom is -0.387 e. The fraction of sp³-hybridized carbons (Fsp3) is 0.438. The van der Waals surface area contributed by atoms with Crippen molar-refractivity contribution in [2.45, 2.75) is 31.9 Å². The molecule has 20 heavy (non-hydrogen) atoms. The smallest absolute Gasteiger partial charge is 0.154 e. The summed E-state index contributed by atoms with van der Waals surface area (Å²) in [4.78, 5) is 2.29. The largest absolute Gasteiger partial charge is 0.387 e. The van der Waals surface area contributed by atoms with E-state index in [0.29, 0.717) is 6.54 Å². The monoisotopic (exact) mass is 272 g/mol. The molecule has 2 heterocycles. The molecule has 1 aliphatic heterocycles. The number of β-amino-alcohol motifs (C(OH)–C–C–N with tert-alkyl or cyclic N) is 1. The van der Waals surface area contributed by atoms with Crippen molar-refractivity contribution in [3.05, 3.63) is 53.4 Å². The van der Waals surface area contributed by atoms with E-state index in [2.05, 4.69) is 10.1 Å². The minimum atomic E-state index is -0.458. The summed E-state index contributed by atoms with van der Waals surface area (Å²) in [6.07, 6.45) is 1.74. The fourth-order valence-corrected chi connectivity index (χ4v) is 2.91. The molecule has 0 amide bonds. The maximum atomic E-state index is 10.4. The molecule has 3 rings (SSSR count). The number of aliphatic hydroxyl groups excluding tert-OH is 1. The second kappa shape index (κ2) is 5.77. The summed E-state index contributed by atoms with van der Waals surface area (Å²) in [5.74, 6) is 0.917. The van der Waals surface area contributed by atoms with Crippen molar-refractivity contribution in [3.63, 3.8) is 0 Å². The van der Waals surface area contributed by atoms with Gasteiger partial charge in [0.2, 0.25) is 0 Å². The van der Waals surface area contributed by atoms with Crippen LogP contribution in [-0.4, -0.2) is 28.3 Å². The molecular weight excluding hydrogens is 252 g/mol. The Labute approximate surface area is 119 Å². The average molecular weight is 272 g/mol. The van der Waals surface area contributed by atoms with E-state index in [1.54, 1.807) is 0 Å². The SMILES string of the molecule is Cc1cc([C@H]2CCCN2C[C@@H](O)c2ccccc2)on1. The zero-order chi connectivity index (χ0) is 13.9. The molecule has 0 radical (unpaired) electrons. The third-order valence-corrected chi connectivity index (χ3v) is 3.93. The van der Waals surface area contributed by atoms with Gasteiger partial charge in [-0.05, 0) is 31.9 Å². The highest BCUT2D eigenvalue weighted by Gasteiger charge is 2.30. The van der Waals surface area contributed by atoms with Gasteiger partial charge in [0, 0.05) is 12.6 Å². The van der Waals surface area contributed by atoms with Crippen molar-refractivity contribution < 1.29 is 9.63 Å². The number of hydrogen-bond donors (Lipinski definition) is 1. The highest BCUT2D eigenvalue weighted by Crippen LogP contribution is 2.33. The van der Waals surface area contributed by atoms with Gasteiger partial charge in [0.1, 0.15) is 0 Å². The second-order valence-corrected chi connectivity index (χ2v) is 5.45. The molecule has 106 valence electrons. The van der Waals surface area contributed by atoms with Crippen molar-refractivity contribution >= 4 is 0 Å². The molecule has 2 atom stereocenters. The van der Waals surface area contributed by atoms with Crippen LogP contribution in [0.2, 0.25) is 0 Å². The number of aromatic nitrogens is 1. The van der Waals surface area contributed by atoms with Crippen molar-refractivity contribution in [1.82, 2.24) is 10.1 Å². The van der Waals surface area contributed by atoms with Crippen LogP contribution in [0.5, 0.6) is 0 Å². The van der Waals surface area contributed by atoms with E-state index in [1.807, 2.05) is 43.3 Å². The average Bonchev–Trinajstić information content (AvgIpc) is 3.08. The van der Waals surface area contributed by atoms with Gasteiger partial charge in [0.15, 0.2) is 5.76 Å². The Hall–Kier alpha value is -1.65. The van der Waals surface area contributed by atoms with Gasteiger partial charge in [-0.25, -0.2) is 0 Å². The lowest BCUT2D eigenvalue weighted by Gasteiger charge is -2.25. The standard InChI is InChI=1S/C16H20N2O2/c1-12-10-16(20-17-12)14-8-5-9-18(14)11-15(19)13-6-3-2-4-7-13/h2-4,6-7,10,14-15,19H,5,8-9,11H2,1H3/t14-,15-/m1/s1. The van der Waals surface area contributed by atoms with Crippen LogP contribution in [0.15, 0.2) is 40.9 Å². The van der Waals surface area contributed by atoms with Crippen molar-refractivity contribution in [2.75, 3.05) is 13.1 Å². The molecule has 2 aromatic rings. The molecular formula is C16H20N2O2. The summed E-state index contributed by atoms with van der Waals surface area (Å²) in [5.41, 5.74) is 1.88. The van der Waals surface area contributed by atoms with E-state index in [-0.39, 0.29) is 6.04 Å². The van der Waals surface area contributed by atoms with E-state index in [0.717, 1.165) is 36.4 Å². The van der Waals surface area contributed by atoms with Gasteiger partial charge in [-0.3, -0.25) is 4.90 Å². The molecule has 0 saturated carbocycles. The molecule has 0 bridgehead atoms. The molecule has 4 nitrogen and oxygen atoms in total. The van der Waals surface area contributed by atoms with E-state index in [4.69, 9.17) is 4.52 Å². The van der Waals surface area contributed by atoms with Crippen LogP contribution in [0.1, 0.15) is 42.0 Å².